The number of carbonyl (C=O) groups excluding carboxylic acids is 1. The first-order chi connectivity index (χ1) is 8.68. The van der Waals surface area contributed by atoms with Crippen LogP contribution in [0.2, 0.25) is 5.02 Å². The van der Waals surface area contributed by atoms with E-state index in [9.17, 15) is 4.79 Å². The molecule has 1 fully saturated rings. The number of amides is 1. The van der Waals surface area contributed by atoms with Crippen molar-refractivity contribution in [2.75, 3.05) is 33.3 Å². The summed E-state index contributed by atoms with van der Waals surface area (Å²) < 4.78 is 5.55. The second-order valence-corrected chi connectivity index (χ2v) is 4.80. The Kier molecular flexibility index (Phi) is 4.44. The lowest BCUT2D eigenvalue weighted by atomic mass is 10.0. The Balaban J connectivity index is 1.74. The minimum atomic E-state index is 0.135. The quantitative estimate of drug-likeness (QED) is 0.878. The van der Waals surface area contributed by atoms with Crippen LogP contribution in [0.4, 0.5) is 0 Å². The summed E-state index contributed by atoms with van der Waals surface area (Å²) in [4.78, 5) is 13.5. The second kappa shape index (κ2) is 6.07. The highest BCUT2D eigenvalue weighted by atomic mass is 35.5. The van der Waals surface area contributed by atoms with Gasteiger partial charge >= 0.3 is 0 Å². The van der Waals surface area contributed by atoms with Gasteiger partial charge in [0.1, 0.15) is 12.4 Å². The molecule has 0 atom stereocenters. The molecular formula is C13H17ClN2O2. The van der Waals surface area contributed by atoms with E-state index in [4.69, 9.17) is 16.3 Å². The number of likely N-dealkylation sites (N-methyl/N-ethyl adjacent to an activating group) is 1. The molecule has 1 amide bonds. The van der Waals surface area contributed by atoms with E-state index < -0.39 is 0 Å². The maximum Gasteiger partial charge on any atom is 0.228 e. The number of halogens is 1. The number of ether oxygens (including phenoxy) is 1. The van der Waals surface area contributed by atoms with Crippen molar-refractivity contribution >= 4 is 17.5 Å². The topological polar surface area (TPSA) is 41.6 Å². The van der Waals surface area contributed by atoms with Gasteiger partial charge in [-0.2, -0.15) is 0 Å². The van der Waals surface area contributed by atoms with Gasteiger partial charge in [0.25, 0.3) is 0 Å². The standard InChI is InChI=1S/C13H17ClN2O2/c1-16(13(17)10-8-15-9-10)6-7-18-12-5-3-2-4-11(12)14/h2-5,10,15H,6-9H2,1H3. The third kappa shape index (κ3) is 3.15. The van der Waals surface area contributed by atoms with Crippen molar-refractivity contribution in [3.8, 4) is 5.75 Å². The number of para-hydroxylation sites is 1. The molecule has 1 heterocycles. The molecule has 18 heavy (non-hydrogen) atoms. The third-order valence-corrected chi connectivity index (χ3v) is 3.34. The van der Waals surface area contributed by atoms with Gasteiger partial charge in [-0.15, -0.1) is 0 Å². The zero-order valence-corrected chi connectivity index (χ0v) is 11.1. The van der Waals surface area contributed by atoms with Crippen LogP contribution < -0.4 is 10.1 Å². The van der Waals surface area contributed by atoms with Gasteiger partial charge < -0.3 is 15.0 Å². The third-order valence-electron chi connectivity index (χ3n) is 3.03. The van der Waals surface area contributed by atoms with Crippen molar-refractivity contribution in [3.63, 3.8) is 0 Å². The molecule has 4 nitrogen and oxygen atoms in total. The predicted molar refractivity (Wildman–Crippen MR) is 70.9 cm³/mol. The van der Waals surface area contributed by atoms with E-state index >= 15 is 0 Å². The Morgan fingerprint density at radius 3 is 2.83 bits per heavy atom. The highest BCUT2D eigenvalue weighted by Gasteiger charge is 2.27. The van der Waals surface area contributed by atoms with E-state index in [1.165, 1.54) is 0 Å². The van der Waals surface area contributed by atoms with Crippen molar-refractivity contribution < 1.29 is 9.53 Å². The molecule has 1 aliphatic heterocycles. The van der Waals surface area contributed by atoms with E-state index in [0.29, 0.717) is 23.9 Å². The van der Waals surface area contributed by atoms with E-state index in [1.807, 2.05) is 18.2 Å². The van der Waals surface area contributed by atoms with Crippen molar-refractivity contribution in [3.05, 3.63) is 29.3 Å². The summed E-state index contributed by atoms with van der Waals surface area (Å²) in [5, 5.41) is 3.68. The summed E-state index contributed by atoms with van der Waals surface area (Å²) in [6, 6.07) is 7.33. The number of nitrogens with zero attached hydrogens (tertiary/aromatic N) is 1. The van der Waals surface area contributed by atoms with Crippen molar-refractivity contribution in [2.24, 2.45) is 5.92 Å². The maximum atomic E-state index is 11.8. The van der Waals surface area contributed by atoms with Crippen molar-refractivity contribution in [1.82, 2.24) is 10.2 Å². The van der Waals surface area contributed by atoms with Crippen LogP contribution in [0.3, 0.4) is 0 Å². The van der Waals surface area contributed by atoms with Gasteiger partial charge in [-0.1, -0.05) is 23.7 Å². The minimum absolute atomic E-state index is 0.135. The molecule has 1 N–H and O–H groups in total. The lowest BCUT2D eigenvalue weighted by Crippen LogP contribution is -2.51. The number of rotatable bonds is 5. The van der Waals surface area contributed by atoms with Crippen LogP contribution in [0, 0.1) is 5.92 Å². The van der Waals surface area contributed by atoms with Gasteiger partial charge in [-0.25, -0.2) is 0 Å². The Hall–Kier alpha value is -1.26. The summed E-state index contributed by atoms with van der Waals surface area (Å²) in [6.45, 7) is 2.59. The highest BCUT2D eigenvalue weighted by molar-refractivity contribution is 6.32. The highest BCUT2D eigenvalue weighted by Crippen LogP contribution is 2.22. The Labute approximate surface area is 112 Å². The SMILES string of the molecule is CN(CCOc1ccccc1Cl)C(=O)C1CNC1. The van der Waals surface area contributed by atoms with E-state index in [2.05, 4.69) is 5.32 Å². The molecule has 0 bridgehead atoms. The zero-order valence-electron chi connectivity index (χ0n) is 10.4. The number of benzene rings is 1. The molecule has 1 aromatic rings. The first kappa shape index (κ1) is 13.2. The van der Waals surface area contributed by atoms with Gasteiger partial charge in [0.05, 0.1) is 17.5 Å². The van der Waals surface area contributed by atoms with Crippen LogP contribution in [0.5, 0.6) is 5.75 Å². The molecule has 2 rings (SSSR count). The normalized spacial score (nSPS) is 15.0. The van der Waals surface area contributed by atoms with Crippen LogP contribution in [0.25, 0.3) is 0 Å². The van der Waals surface area contributed by atoms with E-state index in [0.717, 1.165) is 13.1 Å². The smallest absolute Gasteiger partial charge is 0.228 e. The Morgan fingerprint density at radius 2 is 2.22 bits per heavy atom. The molecule has 5 heteroatoms. The lowest BCUT2D eigenvalue weighted by Gasteiger charge is -2.30. The first-order valence-electron chi connectivity index (χ1n) is 6.01. The zero-order chi connectivity index (χ0) is 13.0. The summed E-state index contributed by atoms with van der Waals surface area (Å²) in [5.74, 6) is 0.970. The van der Waals surface area contributed by atoms with Crippen LogP contribution in [0.1, 0.15) is 0 Å². The molecule has 1 aromatic carbocycles. The number of hydrogen-bond acceptors (Lipinski definition) is 3. The fraction of sp³-hybridized carbons (Fsp3) is 0.462. The predicted octanol–water partition coefficient (Wildman–Crippen LogP) is 1.40. The molecule has 98 valence electrons. The van der Waals surface area contributed by atoms with E-state index in [1.54, 1.807) is 18.0 Å². The molecule has 0 saturated carbocycles. The molecule has 0 unspecified atom stereocenters. The summed E-state index contributed by atoms with van der Waals surface area (Å²) in [7, 11) is 1.80. The average Bonchev–Trinajstić information content (AvgIpc) is 2.29. The van der Waals surface area contributed by atoms with Gasteiger partial charge in [0, 0.05) is 20.1 Å². The molecule has 0 aromatic heterocycles. The van der Waals surface area contributed by atoms with E-state index in [-0.39, 0.29) is 11.8 Å². The number of carbonyl (C=O) groups is 1. The fourth-order valence-corrected chi connectivity index (χ4v) is 1.93. The summed E-state index contributed by atoms with van der Waals surface area (Å²) in [5.41, 5.74) is 0. The lowest BCUT2D eigenvalue weighted by molar-refractivity contribution is -0.136. The molecule has 0 aliphatic carbocycles. The Morgan fingerprint density at radius 1 is 1.50 bits per heavy atom. The molecule has 0 spiro atoms. The van der Waals surface area contributed by atoms with Gasteiger partial charge in [-0.05, 0) is 12.1 Å². The number of hydrogen-bond donors (Lipinski definition) is 1. The van der Waals surface area contributed by atoms with Crippen LogP contribution in [-0.2, 0) is 4.79 Å². The fourth-order valence-electron chi connectivity index (χ4n) is 1.74. The van der Waals surface area contributed by atoms with Crippen LogP contribution in [-0.4, -0.2) is 44.1 Å². The second-order valence-electron chi connectivity index (χ2n) is 4.39. The maximum absolute atomic E-state index is 11.8. The number of nitrogens with one attached hydrogen (secondary N) is 1. The molecule has 1 aliphatic rings. The van der Waals surface area contributed by atoms with Crippen molar-refractivity contribution in [1.29, 1.82) is 0 Å². The van der Waals surface area contributed by atoms with Crippen LogP contribution in [0.15, 0.2) is 24.3 Å². The first-order valence-corrected chi connectivity index (χ1v) is 6.39. The summed E-state index contributed by atoms with van der Waals surface area (Å²) >= 11 is 5.97. The largest absolute Gasteiger partial charge is 0.490 e. The molecule has 0 radical (unpaired) electrons. The average molecular weight is 269 g/mol. The van der Waals surface area contributed by atoms with Crippen LogP contribution >= 0.6 is 11.6 Å². The molecular weight excluding hydrogens is 252 g/mol. The van der Waals surface area contributed by atoms with Gasteiger partial charge in [-0.3, -0.25) is 4.79 Å². The summed E-state index contributed by atoms with van der Waals surface area (Å²) in [6.07, 6.45) is 0. The van der Waals surface area contributed by atoms with Gasteiger partial charge in [0.15, 0.2) is 0 Å². The Bertz CT molecular complexity index is 421. The van der Waals surface area contributed by atoms with Crippen molar-refractivity contribution in [2.45, 2.75) is 0 Å². The monoisotopic (exact) mass is 268 g/mol. The minimum Gasteiger partial charge on any atom is -0.490 e. The molecule has 1 saturated heterocycles. The van der Waals surface area contributed by atoms with Gasteiger partial charge in [0.2, 0.25) is 5.91 Å².